The van der Waals surface area contributed by atoms with E-state index in [1.54, 1.807) is 12.1 Å². The fourth-order valence-corrected chi connectivity index (χ4v) is 4.04. The molecule has 0 saturated heterocycles. The molecule has 180 valence electrons. The summed E-state index contributed by atoms with van der Waals surface area (Å²) in [7, 11) is 0. The number of aliphatic imine (C=N–C) groups is 1. The van der Waals surface area contributed by atoms with Crippen LogP contribution in [0.5, 0.6) is 0 Å². The number of amidine groups is 1. The van der Waals surface area contributed by atoms with Gasteiger partial charge in [-0.05, 0) is 68.1 Å². The zero-order valence-corrected chi connectivity index (χ0v) is 20.1. The van der Waals surface area contributed by atoms with Gasteiger partial charge in [0.25, 0.3) is 5.91 Å². The van der Waals surface area contributed by atoms with Gasteiger partial charge in [0.2, 0.25) is 5.91 Å². The van der Waals surface area contributed by atoms with E-state index >= 15 is 0 Å². The molecule has 0 unspecified atom stereocenters. The lowest BCUT2D eigenvalue weighted by Gasteiger charge is -2.22. The molecule has 3 rings (SSSR count). The first-order chi connectivity index (χ1) is 16.4. The van der Waals surface area contributed by atoms with Crippen LogP contribution in [-0.2, 0) is 11.2 Å². The molecule has 2 aromatic carbocycles. The molecule has 0 aromatic heterocycles. The zero-order valence-electron chi connectivity index (χ0n) is 20.1. The predicted octanol–water partition coefficient (Wildman–Crippen LogP) is 4.25. The summed E-state index contributed by atoms with van der Waals surface area (Å²) in [6.07, 6.45) is 5.69. The van der Waals surface area contributed by atoms with Crippen molar-refractivity contribution >= 4 is 35.1 Å². The molecule has 34 heavy (non-hydrogen) atoms. The molecule has 0 saturated carbocycles. The standard InChI is InChI=1S/C27H35N5O2/c1-3-13-32(14-4-2)27(34)22-16-20-10-11-21(17-24(20)31-25(29)18-22)26(33)30-23-9-5-7-19(15-23)8-6-12-28/h5,7,9-11,15-17H,3-4,6,8,12-14,18,28H2,1-2H3,(H2,29,31)(H,30,33). The fourth-order valence-electron chi connectivity index (χ4n) is 4.04. The molecule has 7 heteroatoms. The summed E-state index contributed by atoms with van der Waals surface area (Å²) in [6.45, 7) is 6.17. The average molecular weight is 462 g/mol. The molecule has 0 atom stereocenters. The van der Waals surface area contributed by atoms with Gasteiger partial charge in [-0.3, -0.25) is 9.59 Å². The van der Waals surface area contributed by atoms with Gasteiger partial charge in [0.05, 0.1) is 5.69 Å². The van der Waals surface area contributed by atoms with Gasteiger partial charge in [-0.15, -0.1) is 0 Å². The second-order valence-corrected chi connectivity index (χ2v) is 8.56. The van der Waals surface area contributed by atoms with Crippen LogP contribution < -0.4 is 16.8 Å². The first-order valence-corrected chi connectivity index (χ1v) is 12.0. The van der Waals surface area contributed by atoms with Gasteiger partial charge >= 0.3 is 0 Å². The maximum Gasteiger partial charge on any atom is 0.255 e. The van der Waals surface area contributed by atoms with Crippen LogP contribution in [0.2, 0.25) is 0 Å². The van der Waals surface area contributed by atoms with E-state index in [4.69, 9.17) is 11.5 Å². The van der Waals surface area contributed by atoms with Gasteiger partial charge in [0.15, 0.2) is 0 Å². The SMILES string of the molecule is CCCN(CCC)C(=O)C1=Cc2ccc(C(=O)Nc3cccc(CCCN)c3)cc2N=C(N)C1. The molecule has 2 amide bonds. The molecule has 0 fully saturated rings. The lowest BCUT2D eigenvalue weighted by molar-refractivity contribution is -0.127. The maximum absolute atomic E-state index is 13.1. The number of nitrogens with one attached hydrogen (secondary N) is 1. The number of fused-ring (bicyclic) bond motifs is 1. The van der Waals surface area contributed by atoms with Gasteiger partial charge in [-0.25, -0.2) is 4.99 Å². The van der Waals surface area contributed by atoms with E-state index in [9.17, 15) is 9.59 Å². The van der Waals surface area contributed by atoms with Crippen LogP contribution in [-0.4, -0.2) is 42.2 Å². The van der Waals surface area contributed by atoms with Crippen molar-refractivity contribution in [1.29, 1.82) is 0 Å². The number of hydrogen-bond acceptors (Lipinski definition) is 5. The van der Waals surface area contributed by atoms with Gasteiger partial charge in [-0.1, -0.05) is 32.0 Å². The third-order valence-electron chi connectivity index (χ3n) is 5.66. The summed E-state index contributed by atoms with van der Waals surface area (Å²) in [5.41, 5.74) is 16.1. The number of nitrogens with two attached hydrogens (primary N) is 2. The summed E-state index contributed by atoms with van der Waals surface area (Å²) >= 11 is 0. The van der Waals surface area contributed by atoms with E-state index in [0.29, 0.717) is 42.3 Å². The third-order valence-corrected chi connectivity index (χ3v) is 5.66. The Morgan fingerprint density at radius 1 is 1.09 bits per heavy atom. The van der Waals surface area contributed by atoms with Crippen LogP contribution in [0, 0.1) is 0 Å². The first kappa shape index (κ1) is 25.2. The third kappa shape index (κ3) is 6.54. The smallest absolute Gasteiger partial charge is 0.255 e. The van der Waals surface area contributed by atoms with E-state index in [-0.39, 0.29) is 18.2 Å². The molecule has 0 aliphatic carbocycles. The van der Waals surface area contributed by atoms with Crippen molar-refractivity contribution in [2.24, 2.45) is 16.5 Å². The Kier molecular flexibility index (Phi) is 8.99. The Hall–Kier alpha value is -3.45. The molecule has 1 aliphatic heterocycles. The lowest BCUT2D eigenvalue weighted by Crippen LogP contribution is -2.34. The Balaban J connectivity index is 1.82. The molecule has 0 bridgehead atoms. The minimum atomic E-state index is -0.228. The number of hydrogen-bond donors (Lipinski definition) is 3. The number of anilines is 1. The number of carbonyl (C=O) groups excluding carboxylic acids is 2. The van der Waals surface area contributed by atoms with E-state index < -0.39 is 0 Å². The van der Waals surface area contributed by atoms with Crippen LogP contribution in [0.3, 0.4) is 0 Å². The van der Waals surface area contributed by atoms with Gasteiger partial charge in [0, 0.05) is 41.9 Å². The summed E-state index contributed by atoms with van der Waals surface area (Å²) in [6, 6.07) is 13.1. The Labute approximate surface area is 201 Å². The minimum Gasteiger partial charge on any atom is -0.387 e. The van der Waals surface area contributed by atoms with Crippen molar-refractivity contribution in [3.63, 3.8) is 0 Å². The van der Waals surface area contributed by atoms with Crippen molar-refractivity contribution in [3.8, 4) is 0 Å². The summed E-state index contributed by atoms with van der Waals surface area (Å²) in [4.78, 5) is 32.4. The van der Waals surface area contributed by atoms with Crippen molar-refractivity contribution in [1.82, 2.24) is 4.90 Å². The van der Waals surface area contributed by atoms with Crippen LogP contribution in [0.4, 0.5) is 11.4 Å². The maximum atomic E-state index is 13.1. The van der Waals surface area contributed by atoms with E-state index in [1.165, 1.54) is 0 Å². The van der Waals surface area contributed by atoms with E-state index in [0.717, 1.165) is 42.5 Å². The first-order valence-electron chi connectivity index (χ1n) is 12.0. The molecule has 0 radical (unpaired) electrons. The molecule has 1 aliphatic rings. The van der Waals surface area contributed by atoms with Gasteiger partial charge < -0.3 is 21.7 Å². The quantitative estimate of drug-likeness (QED) is 0.491. The van der Waals surface area contributed by atoms with Crippen LogP contribution in [0.25, 0.3) is 6.08 Å². The second-order valence-electron chi connectivity index (χ2n) is 8.56. The summed E-state index contributed by atoms with van der Waals surface area (Å²) < 4.78 is 0. The number of nitrogens with zero attached hydrogens (tertiary/aromatic N) is 2. The Bertz CT molecular complexity index is 1080. The normalized spacial score (nSPS) is 12.8. The molecule has 7 nitrogen and oxygen atoms in total. The Morgan fingerprint density at radius 3 is 2.56 bits per heavy atom. The fraction of sp³-hybridized carbons (Fsp3) is 0.370. The lowest BCUT2D eigenvalue weighted by atomic mass is 10.0. The molecule has 0 spiro atoms. The average Bonchev–Trinajstić information content (AvgIpc) is 2.99. The molecule has 5 N–H and O–H groups in total. The minimum absolute atomic E-state index is 0.00830. The number of aryl methyl sites for hydroxylation is 1. The summed E-state index contributed by atoms with van der Waals surface area (Å²) in [5.74, 6) is 0.122. The van der Waals surface area contributed by atoms with E-state index in [2.05, 4.69) is 24.2 Å². The van der Waals surface area contributed by atoms with Crippen LogP contribution in [0.1, 0.15) is 61.0 Å². The van der Waals surface area contributed by atoms with Gasteiger partial charge in [0.1, 0.15) is 5.84 Å². The molecule has 2 aromatic rings. The number of amides is 2. The largest absolute Gasteiger partial charge is 0.387 e. The van der Waals surface area contributed by atoms with Crippen LogP contribution >= 0.6 is 0 Å². The molecular weight excluding hydrogens is 426 g/mol. The predicted molar refractivity (Wildman–Crippen MR) is 139 cm³/mol. The van der Waals surface area contributed by atoms with Crippen molar-refractivity contribution in [3.05, 3.63) is 64.7 Å². The van der Waals surface area contributed by atoms with Crippen molar-refractivity contribution in [2.75, 3.05) is 25.0 Å². The van der Waals surface area contributed by atoms with Crippen molar-refractivity contribution in [2.45, 2.75) is 46.0 Å². The highest BCUT2D eigenvalue weighted by Gasteiger charge is 2.21. The number of rotatable bonds is 10. The highest BCUT2D eigenvalue weighted by atomic mass is 16.2. The number of carbonyl (C=O) groups is 2. The summed E-state index contributed by atoms with van der Waals surface area (Å²) in [5, 5.41) is 2.95. The molecular formula is C27H35N5O2. The highest BCUT2D eigenvalue weighted by molar-refractivity contribution is 6.07. The van der Waals surface area contributed by atoms with Crippen molar-refractivity contribution < 1.29 is 9.59 Å². The molecule has 1 heterocycles. The number of benzene rings is 2. The Morgan fingerprint density at radius 2 is 1.85 bits per heavy atom. The topological polar surface area (TPSA) is 114 Å². The highest BCUT2D eigenvalue weighted by Crippen LogP contribution is 2.29. The zero-order chi connectivity index (χ0) is 24.5. The van der Waals surface area contributed by atoms with E-state index in [1.807, 2.05) is 41.3 Å². The second kappa shape index (κ2) is 12.1. The monoisotopic (exact) mass is 461 g/mol. The van der Waals surface area contributed by atoms with Gasteiger partial charge in [-0.2, -0.15) is 0 Å². The van der Waals surface area contributed by atoms with Crippen LogP contribution in [0.15, 0.2) is 53.0 Å².